The summed E-state index contributed by atoms with van der Waals surface area (Å²) in [5, 5.41) is 3.34. The zero-order valence-corrected chi connectivity index (χ0v) is 13.6. The predicted octanol–water partition coefficient (Wildman–Crippen LogP) is 3.06. The topological polar surface area (TPSA) is 28.2 Å². The van der Waals surface area contributed by atoms with Crippen LogP contribution in [0, 0.1) is 11.9 Å². The molecule has 1 aromatic heterocycles. The third kappa shape index (κ3) is 5.17. The van der Waals surface area contributed by atoms with Crippen molar-refractivity contribution in [3.05, 3.63) is 29.8 Å². The molecular weight excluding hydrogens is 300 g/mol. The lowest BCUT2D eigenvalue weighted by molar-refractivity contribution is 0.150. The molecule has 2 heterocycles. The zero-order chi connectivity index (χ0) is 13.0. The highest BCUT2D eigenvalue weighted by atomic mass is 35.5. The number of rotatable bonds is 4. The van der Waals surface area contributed by atoms with Gasteiger partial charge in [-0.3, -0.25) is 4.90 Å². The third-order valence-corrected chi connectivity index (χ3v) is 3.43. The van der Waals surface area contributed by atoms with E-state index in [2.05, 4.69) is 29.0 Å². The van der Waals surface area contributed by atoms with Crippen molar-refractivity contribution in [1.29, 1.82) is 0 Å². The van der Waals surface area contributed by atoms with Gasteiger partial charge in [0.2, 0.25) is 5.95 Å². The fourth-order valence-corrected chi connectivity index (χ4v) is 2.56. The molecule has 0 radical (unpaired) electrons. The van der Waals surface area contributed by atoms with Gasteiger partial charge in [0.05, 0.1) is 0 Å². The summed E-state index contributed by atoms with van der Waals surface area (Å²) in [6, 6.07) is 3.85. The standard InChI is InChI=1S/C14H22FN3.2ClH/c1-11(2)10-13(18-8-6-16-7-9-18)12-4-3-5-17-14(12)15;;/h3-5,11,13,16H,6-10H2,1-2H3;2*1H/t13-;;/m0../s1. The Kier molecular flexibility index (Phi) is 9.30. The molecule has 0 aliphatic carbocycles. The first-order valence-electron chi connectivity index (χ1n) is 6.73. The van der Waals surface area contributed by atoms with Crippen molar-refractivity contribution in [2.45, 2.75) is 26.3 Å². The maximum absolute atomic E-state index is 13.9. The first-order valence-corrected chi connectivity index (χ1v) is 6.73. The minimum absolute atomic E-state index is 0. The summed E-state index contributed by atoms with van der Waals surface area (Å²) < 4.78 is 13.9. The van der Waals surface area contributed by atoms with Crippen LogP contribution in [-0.2, 0) is 0 Å². The average Bonchev–Trinajstić information content (AvgIpc) is 2.38. The summed E-state index contributed by atoms with van der Waals surface area (Å²) in [5.41, 5.74) is 0.744. The van der Waals surface area contributed by atoms with Crippen molar-refractivity contribution >= 4 is 24.8 Å². The number of piperazine rings is 1. The van der Waals surface area contributed by atoms with E-state index in [1.165, 1.54) is 6.20 Å². The van der Waals surface area contributed by atoms with Crippen LogP contribution in [0.3, 0.4) is 0 Å². The fraction of sp³-hybridized carbons (Fsp3) is 0.643. The third-order valence-electron chi connectivity index (χ3n) is 3.43. The fourth-order valence-electron chi connectivity index (χ4n) is 2.56. The van der Waals surface area contributed by atoms with Crippen LogP contribution in [0.15, 0.2) is 18.3 Å². The Bertz CT molecular complexity index is 384. The van der Waals surface area contributed by atoms with Gasteiger partial charge >= 0.3 is 0 Å². The molecule has 20 heavy (non-hydrogen) atoms. The summed E-state index contributed by atoms with van der Waals surface area (Å²) >= 11 is 0. The molecule has 6 heteroatoms. The van der Waals surface area contributed by atoms with E-state index >= 15 is 0 Å². The summed E-state index contributed by atoms with van der Waals surface area (Å²) in [5.74, 6) is 0.228. The molecule has 1 saturated heterocycles. The smallest absolute Gasteiger partial charge is 0.217 e. The molecule has 0 unspecified atom stereocenters. The summed E-state index contributed by atoms with van der Waals surface area (Å²) in [7, 11) is 0. The van der Waals surface area contributed by atoms with Crippen LogP contribution in [0.4, 0.5) is 4.39 Å². The van der Waals surface area contributed by atoms with Gasteiger partial charge in [0.1, 0.15) is 0 Å². The number of nitrogens with zero attached hydrogens (tertiary/aromatic N) is 2. The molecular formula is C14H24Cl2FN3. The Morgan fingerprint density at radius 1 is 1.30 bits per heavy atom. The Morgan fingerprint density at radius 3 is 2.50 bits per heavy atom. The molecule has 1 aliphatic heterocycles. The number of nitrogens with one attached hydrogen (secondary N) is 1. The maximum Gasteiger partial charge on any atom is 0.217 e. The van der Waals surface area contributed by atoms with Crippen LogP contribution < -0.4 is 5.32 Å². The number of hydrogen-bond donors (Lipinski definition) is 1. The molecule has 0 amide bonds. The minimum Gasteiger partial charge on any atom is -0.314 e. The Balaban J connectivity index is 0.00000180. The molecule has 0 saturated carbocycles. The Morgan fingerprint density at radius 2 is 1.95 bits per heavy atom. The lowest BCUT2D eigenvalue weighted by Gasteiger charge is -2.36. The molecule has 1 aromatic rings. The molecule has 0 spiro atoms. The van der Waals surface area contributed by atoms with Crippen molar-refractivity contribution < 1.29 is 4.39 Å². The average molecular weight is 324 g/mol. The Hall–Kier alpha value is -0.420. The highest BCUT2D eigenvalue weighted by molar-refractivity contribution is 5.85. The lowest BCUT2D eigenvalue weighted by Crippen LogP contribution is -2.45. The molecule has 116 valence electrons. The molecule has 1 N–H and O–H groups in total. The van der Waals surface area contributed by atoms with Crippen molar-refractivity contribution in [3.8, 4) is 0 Å². The normalized spacial score (nSPS) is 17.2. The molecule has 0 bridgehead atoms. The van der Waals surface area contributed by atoms with Gasteiger partial charge < -0.3 is 5.32 Å². The monoisotopic (exact) mass is 323 g/mol. The minimum atomic E-state index is -0.318. The molecule has 3 nitrogen and oxygen atoms in total. The van der Waals surface area contributed by atoms with E-state index in [1.54, 1.807) is 0 Å². The van der Waals surface area contributed by atoms with Crippen LogP contribution in [0.1, 0.15) is 31.9 Å². The predicted molar refractivity (Wildman–Crippen MR) is 85.3 cm³/mol. The van der Waals surface area contributed by atoms with Crippen LogP contribution in [0.2, 0.25) is 0 Å². The van der Waals surface area contributed by atoms with Gasteiger partial charge in [0.15, 0.2) is 0 Å². The molecule has 1 atom stereocenters. The number of hydrogen-bond acceptors (Lipinski definition) is 3. The largest absolute Gasteiger partial charge is 0.314 e. The van der Waals surface area contributed by atoms with Crippen LogP contribution in [0.5, 0.6) is 0 Å². The zero-order valence-electron chi connectivity index (χ0n) is 12.0. The maximum atomic E-state index is 13.9. The number of pyridine rings is 1. The summed E-state index contributed by atoms with van der Waals surface area (Å²) in [6.45, 7) is 8.29. The second-order valence-electron chi connectivity index (χ2n) is 5.31. The quantitative estimate of drug-likeness (QED) is 0.863. The van der Waals surface area contributed by atoms with Crippen molar-refractivity contribution in [3.63, 3.8) is 0 Å². The SMILES string of the molecule is CC(C)C[C@@H](c1cccnc1F)N1CCNCC1.Cl.Cl. The summed E-state index contributed by atoms with van der Waals surface area (Å²) in [4.78, 5) is 6.16. The number of aromatic nitrogens is 1. The molecule has 1 aliphatic rings. The van der Waals surface area contributed by atoms with Crippen LogP contribution in [-0.4, -0.2) is 36.1 Å². The Labute approximate surface area is 133 Å². The van der Waals surface area contributed by atoms with Gasteiger partial charge in [-0.2, -0.15) is 4.39 Å². The first kappa shape index (κ1) is 19.6. The van der Waals surface area contributed by atoms with E-state index in [0.717, 1.165) is 38.2 Å². The second-order valence-corrected chi connectivity index (χ2v) is 5.31. The lowest BCUT2D eigenvalue weighted by atomic mass is 9.96. The van der Waals surface area contributed by atoms with Crippen LogP contribution in [0.25, 0.3) is 0 Å². The highest BCUT2D eigenvalue weighted by Gasteiger charge is 2.25. The van der Waals surface area contributed by atoms with E-state index < -0.39 is 0 Å². The second kappa shape index (κ2) is 9.50. The highest BCUT2D eigenvalue weighted by Crippen LogP contribution is 2.29. The van der Waals surface area contributed by atoms with Crippen molar-refractivity contribution in [1.82, 2.24) is 15.2 Å². The van der Waals surface area contributed by atoms with Crippen molar-refractivity contribution in [2.75, 3.05) is 26.2 Å². The van der Waals surface area contributed by atoms with Gasteiger partial charge in [-0.15, -0.1) is 24.8 Å². The molecule has 0 aromatic carbocycles. The van der Waals surface area contributed by atoms with Gasteiger partial charge in [0, 0.05) is 44.0 Å². The van der Waals surface area contributed by atoms with E-state index in [9.17, 15) is 4.39 Å². The first-order chi connectivity index (χ1) is 8.68. The van der Waals surface area contributed by atoms with E-state index in [4.69, 9.17) is 0 Å². The van der Waals surface area contributed by atoms with E-state index in [1.807, 2.05) is 12.1 Å². The number of halogens is 3. The summed E-state index contributed by atoms with van der Waals surface area (Å²) in [6.07, 6.45) is 2.49. The van der Waals surface area contributed by atoms with Gasteiger partial charge in [-0.25, -0.2) is 4.98 Å². The van der Waals surface area contributed by atoms with Gasteiger partial charge in [-0.05, 0) is 18.4 Å². The van der Waals surface area contributed by atoms with Gasteiger partial charge in [-0.1, -0.05) is 19.9 Å². The van der Waals surface area contributed by atoms with Crippen LogP contribution >= 0.6 is 24.8 Å². The molecule has 1 fully saturated rings. The van der Waals surface area contributed by atoms with E-state index in [-0.39, 0.29) is 36.8 Å². The van der Waals surface area contributed by atoms with E-state index in [0.29, 0.717) is 5.92 Å². The van der Waals surface area contributed by atoms with Gasteiger partial charge in [0.25, 0.3) is 0 Å². The molecule has 2 rings (SSSR count). The van der Waals surface area contributed by atoms with Crippen molar-refractivity contribution in [2.24, 2.45) is 5.92 Å².